The van der Waals surface area contributed by atoms with Crippen LogP contribution in [0, 0.1) is 0 Å². The Morgan fingerprint density at radius 3 is 2.79 bits per heavy atom. The minimum Gasteiger partial charge on any atom is -0.384 e. The number of nitrogens with two attached hydrogens (primary N) is 1. The molecule has 1 unspecified atom stereocenters. The number of hydrogen-bond acceptors (Lipinski definition) is 4. The van der Waals surface area contributed by atoms with Gasteiger partial charge in [-0.15, -0.1) is 0 Å². The van der Waals surface area contributed by atoms with E-state index in [2.05, 4.69) is 27.5 Å². The van der Waals surface area contributed by atoms with Crippen molar-refractivity contribution < 1.29 is 9.57 Å². The predicted octanol–water partition coefficient (Wildman–Crippen LogP) is 2.31. The van der Waals surface area contributed by atoms with Crippen molar-refractivity contribution in [1.29, 1.82) is 0 Å². The molecule has 0 aliphatic rings. The van der Waals surface area contributed by atoms with Gasteiger partial charge in [0, 0.05) is 18.5 Å². The molecule has 0 heterocycles. The average molecular weight is 329 g/mol. The summed E-state index contributed by atoms with van der Waals surface area (Å²) in [6, 6.07) is 10.0. The van der Waals surface area contributed by atoms with Gasteiger partial charge in [-0.2, -0.15) is 0 Å². The number of hydrogen-bond donors (Lipinski definition) is 2. The third-order valence-corrected chi connectivity index (χ3v) is 3.05. The number of alkyl halides is 1. The Kier molecular flexibility index (Phi) is 8.49. The van der Waals surface area contributed by atoms with E-state index in [1.165, 1.54) is 0 Å². The molecule has 0 aliphatic heterocycles. The van der Waals surface area contributed by atoms with Gasteiger partial charge in [-0.3, -0.25) is 10.3 Å². The summed E-state index contributed by atoms with van der Waals surface area (Å²) in [4.78, 5) is 5.59. The molecule has 19 heavy (non-hydrogen) atoms. The van der Waals surface area contributed by atoms with Gasteiger partial charge in [0.15, 0.2) is 0 Å². The summed E-state index contributed by atoms with van der Waals surface area (Å²) in [5.41, 5.74) is 10.4. The van der Waals surface area contributed by atoms with E-state index in [4.69, 9.17) is 15.3 Å². The van der Waals surface area contributed by atoms with Crippen molar-refractivity contribution in [3.63, 3.8) is 0 Å². The number of benzene rings is 1. The highest BCUT2D eigenvalue weighted by Gasteiger charge is 2.05. The summed E-state index contributed by atoms with van der Waals surface area (Å²) >= 11 is 3.56. The lowest BCUT2D eigenvalue weighted by Gasteiger charge is -2.12. The first-order valence-electron chi connectivity index (χ1n) is 6.24. The maximum absolute atomic E-state index is 5.41. The molecule has 3 N–H and O–H groups in total. The highest BCUT2D eigenvalue weighted by Crippen LogP contribution is 2.15. The van der Waals surface area contributed by atoms with Gasteiger partial charge in [0.05, 0.1) is 18.9 Å². The van der Waals surface area contributed by atoms with Gasteiger partial charge >= 0.3 is 0 Å². The Labute approximate surface area is 123 Å². The second kappa shape index (κ2) is 9.97. The van der Waals surface area contributed by atoms with Gasteiger partial charge in [0.25, 0.3) is 0 Å². The Bertz CT molecular complexity index is 371. The van der Waals surface area contributed by atoms with E-state index in [1.54, 1.807) is 7.11 Å². The molecule has 4 nitrogen and oxygen atoms in total. The van der Waals surface area contributed by atoms with Crippen molar-refractivity contribution in [2.75, 3.05) is 26.9 Å². The molecule has 1 atom stereocenters. The zero-order chi connectivity index (χ0) is 13.9. The summed E-state index contributed by atoms with van der Waals surface area (Å²) < 4.78 is 5.10. The first-order valence-corrected chi connectivity index (χ1v) is 7.16. The van der Waals surface area contributed by atoms with Crippen molar-refractivity contribution in [3.05, 3.63) is 42.0 Å². The molecular weight excluding hydrogens is 308 g/mol. The number of ether oxygens (including phenoxy) is 1. The van der Waals surface area contributed by atoms with Crippen molar-refractivity contribution in [1.82, 2.24) is 5.48 Å². The van der Waals surface area contributed by atoms with E-state index in [0.29, 0.717) is 19.8 Å². The third-order valence-electron chi connectivity index (χ3n) is 2.41. The second-order valence-electron chi connectivity index (χ2n) is 4.01. The lowest BCUT2D eigenvalue weighted by molar-refractivity contribution is 0.0847. The smallest absolute Gasteiger partial charge is 0.0868 e. The Hall–Kier alpha value is -0.880. The number of methoxy groups -OCH3 is 1. The second-order valence-corrected chi connectivity index (χ2v) is 5.31. The predicted molar refractivity (Wildman–Crippen MR) is 81.8 cm³/mol. The van der Waals surface area contributed by atoms with Crippen LogP contribution in [0.3, 0.4) is 0 Å². The average Bonchev–Trinajstić information content (AvgIpc) is 2.44. The fraction of sp³-hybridized carbons (Fsp3) is 0.429. The van der Waals surface area contributed by atoms with Crippen LogP contribution in [-0.4, -0.2) is 31.7 Å². The molecule has 0 spiro atoms. The van der Waals surface area contributed by atoms with Crippen LogP contribution in [0.1, 0.15) is 12.0 Å². The molecule has 0 radical (unpaired) electrons. The molecule has 5 heteroatoms. The molecule has 0 aromatic heterocycles. The van der Waals surface area contributed by atoms with E-state index in [9.17, 15) is 0 Å². The number of nitrogens with one attached hydrogen (secondary N) is 1. The standard InChI is InChI=1S/C14H21BrN2O2/c1-18-11-13(15)7-8-14(17-19-10-9-16)12-5-3-2-4-6-12/h2-6,8,13,17H,7,9-11,16H2,1H3. The van der Waals surface area contributed by atoms with E-state index >= 15 is 0 Å². The van der Waals surface area contributed by atoms with E-state index in [1.807, 2.05) is 30.3 Å². The largest absolute Gasteiger partial charge is 0.384 e. The summed E-state index contributed by atoms with van der Waals surface area (Å²) in [5.74, 6) is 0. The molecule has 0 bridgehead atoms. The Morgan fingerprint density at radius 1 is 1.42 bits per heavy atom. The topological polar surface area (TPSA) is 56.5 Å². The van der Waals surface area contributed by atoms with Crippen molar-refractivity contribution in [2.24, 2.45) is 5.73 Å². The molecule has 1 rings (SSSR count). The first kappa shape index (κ1) is 16.2. The van der Waals surface area contributed by atoms with Crippen molar-refractivity contribution in [2.45, 2.75) is 11.2 Å². The number of hydroxylamine groups is 1. The lowest BCUT2D eigenvalue weighted by Crippen LogP contribution is -2.19. The van der Waals surface area contributed by atoms with Crippen molar-refractivity contribution >= 4 is 21.6 Å². The fourth-order valence-electron chi connectivity index (χ4n) is 1.52. The zero-order valence-electron chi connectivity index (χ0n) is 11.1. The Morgan fingerprint density at radius 2 is 2.16 bits per heavy atom. The number of allylic oxidation sites excluding steroid dienone is 1. The zero-order valence-corrected chi connectivity index (χ0v) is 12.7. The minimum atomic E-state index is 0.285. The van der Waals surface area contributed by atoms with Crippen LogP contribution in [0.5, 0.6) is 0 Å². The molecule has 106 valence electrons. The summed E-state index contributed by atoms with van der Waals surface area (Å²) in [7, 11) is 1.69. The minimum absolute atomic E-state index is 0.285. The normalized spacial score (nSPS) is 13.3. The third kappa shape index (κ3) is 6.73. The van der Waals surface area contributed by atoms with E-state index in [-0.39, 0.29) is 4.83 Å². The van der Waals surface area contributed by atoms with E-state index < -0.39 is 0 Å². The van der Waals surface area contributed by atoms with Crippen LogP contribution in [0.15, 0.2) is 36.4 Å². The molecule has 1 aromatic rings. The number of rotatable bonds is 9. The molecule has 1 aromatic carbocycles. The molecule has 0 fully saturated rings. The van der Waals surface area contributed by atoms with Crippen molar-refractivity contribution in [3.8, 4) is 0 Å². The van der Waals surface area contributed by atoms with Crippen LogP contribution in [0.25, 0.3) is 5.70 Å². The van der Waals surface area contributed by atoms with Gasteiger partial charge in [-0.1, -0.05) is 52.3 Å². The van der Waals surface area contributed by atoms with Crippen LogP contribution >= 0.6 is 15.9 Å². The molecular formula is C14H21BrN2O2. The fourth-order valence-corrected chi connectivity index (χ4v) is 1.97. The highest BCUT2D eigenvalue weighted by atomic mass is 79.9. The first-order chi connectivity index (χ1) is 9.27. The van der Waals surface area contributed by atoms with Gasteiger partial charge in [-0.25, -0.2) is 0 Å². The summed E-state index contributed by atoms with van der Waals surface area (Å²) in [6.07, 6.45) is 2.93. The maximum Gasteiger partial charge on any atom is 0.0868 e. The molecule has 0 aliphatic carbocycles. The molecule has 0 saturated carbocycles. The summed E-state index contributed by atoms with van der Waals surface area (Å²) in [6.45, 7) is 1.63. The Balaban J connectivity index is 2.66. The quantitative estimate of drug-likeness (QED) is 0.415. The monoisotopic (exact) mass is 328 g/mol. The van der Waals surface area contributed by atoms with E-state index in [0.717, 1.165) is 17.7 Å². The van der Waals surface area contributed by atoms with Crippen LogP contribution < -0.4 is 11.2 Å². The van der Waals surface area contributed by atoms with Gasteiger partial charge < -0.3 is 10.5 Å². The highest BCUT2D eigenvalue weighted by molar-refractivity contribution is 9.09. The van der Waals surface area contributed by atoms with Crippen LogP contribution in [0.4, 0.5) is 0 Å². The summed E-state index contributed by atoms with van der Waals surface area (Å²) in [5, 5.41) is 0. The van der Waals surface area contributed by atoms with Crippen LogP contribution in [0.2, 0.25) is 0 Å². The van der Waals surface area contributed by atoms with Gasteiger partial charge in [-0.05, 0) is 12.0 Å². The van der Waals surface area contributed by atoms with Gasteiger partial charge in [0.2, 0.25) is 0 Å². The molecule has 0 saturated heterocycles. The number of halogens is 1. The van der Waals surface area contributed by atoms with Gasteiger partial charge in [0.1, 0.15) is 0 Å². The lowest BCUT2D eigenvalue weighted by atomic mass is 10.1. The van der Waals surface area contributed by atoms with Crippen LogP contribution in [-0.2, 0) is 9.57 Å². The SMILES string of the molecule is COCC(Br)CC=C(NOCCN)c1ccccc1. The maximum atomic E-state index is 5.41. The molecule has 0 amide bonds.